The van der Waals surface area contributed by atoms with Gasteiger partial charge in [-0.05, 0) is 24.1 Å². The third-order valence-electron chi connectivity index (χ3n) is 3.62. The van der Waals surface area contributed by atoms with Gasteiger partial charge in [-0.2, -0.15) is 0 Å². The highest BCUT2D eigenvalue weighted by Crippen LogP contribution is 2.34. The van der Waals surface area contributed by atoms with Crippen LogP contribution in [0, 0.1) is 5.82 Å². The maximum atomic E-state index is 13.5. The fourth-order valence-electron chi connectivity index (χ4n) is 2.63. The van der Waals surface area contributed by atoms with Crippen LogP contribution in [0.15, 0.2) is 34.2 Å². The van der Waals surface area contributed by atoms with Crippen LogP contribution in [0.5, 0.6) is 0 Å². The Bertz CT molecular complexity index is 806. The maximum absolute atomic E-state index is 13.5. The number of nitrogens with zero attached hydrogens (tertiary/aromatic N) is 1. The van der Waals surface area contributed by atoms with Crippen LogP contribution in [-0.4, -0.2) is 21.6 Å². The molecule has 1 aliphatic rings. The number of fused-ring (bicyclic) bond motifs is 1. The number of aromatic nitrogens is 2. The van der Waals surface area contributed by atoms with Gasteiger partial charge in [-0.15, -0.1) is 0 Å². The highest BCUT2D eigenvalue weighted by Gasteiger charge is 2.31. The van der Waals surface area contributed by atoms with Gasteiger partial charge < -0.3 is 10.3 Å². The molecule has 0 radical (unpaired) electrons. The summed E-state index contributed by atoms with van der Waals surface area (Å²) in [4.78, 5) is 31.5. The lowest BCUT2D eigenvalue weighted by Gasteiger charge is -2.24. The SMILES string of the molecule is CCCSc1nc2c(c(=O)[nH]1)[C@@H](c1cccc(F)c1)CC(=O)N2. The van der Waals surface area contributed by atoms with E-state index in [1.54, 1.807) is 12.1 Å². The Morgan fingerprint density at radius 2 is 2.22 bits per heavy atom. The van der Waals surface area contributed by atoms with E-state index < -0.39 is 11.7 Å². The van der Waals surface area contributed by atoms with E-state index in [0.717, 1.165) is 12.2 Å². The topological polar surface area (TPSA) is 74.8 Å². The zero-order chi connectivity index (χ0) is 16.4. The molecule has 1 atom stereocenters. The Hall–Kier alpha value is -2.15. The molecular weight excluding hydrogens is 317 g/mol. The molecule has 3 rings (SSSR count). The van der Waals surface area contributed by atoms with Crippen molar-refractivity contribution in [2.24, 2.45) is 0 Å². The lowest BCUT2D eigenvalue weighted by atomic mass is 9.87. The van der Waals surface area contributed by atoms with Gasteiger partial charge in [0.05, 0.1) is 5.56 Å². The standard InChI is InChI=1S/C16H16FN3O2S/c1-2-6-23-16-19-14-13(15(22)20-16)11(8-12(21)18-14)9-4-3-5-10(17)7-9/h3-5,7,11H,2,6,8H2,1H3,(H2,18,19,20,21,22)/t11-/m1/s1. The number of halogens is 1. The first kappa shape index (κ1) is 15.7. The number of carbonyl (C=O) groups is 1. The fourth-order valence-corrected chi connectivity index (χ4v) is 3.34. The van der Waals surface area contributed by atoms with Crippen LogP contribution in [0.2, 0.25) is 0 Å². The van der Waals surface area contributed by atoms with Crippen LogP contribution >= 0.6 is 11.8 Å². The lowest BCUT2D eigenvalue weighted by Crippen LogP contribution is -2.31. The Morgan fingerprint density at radius 3 is 2.96 bits per heavy atom. The van der Waals surface area contributed by atoms with Crippen molar-refractivity contribution in [1.82, 2.24) is 9.97 Å². The number of anilines is 1. The number of carbonyl (C=O) groups excluding carboxylic acids is 1. The Balaban J connectivity index is 2.07. The van der Waals surface area contributed by atoms with Crippen molar-refractivity contribution in [3.63, 3.8) is 0 Å². The summed E-state index contributed by atoms with van der Waals surface area (Å²) < 4.78 is 13.5. The predicted molar refractivity (Wildman–Crippen MR) is 87.4 cm³/mol. The van der Waals surface area contributed by atoms with Gasteiger partial charge in [0, 0.05) is 18.1 Å². The van der Waals surface area contributed by atoms with Gasteiger partial charge in [-0.1, -0.05) is 30.8 Å². The average Bonchev–Trinajstić information content (AvgIpc) is 2.51. The van der Waals surface area contributed by atoms with Gasteiger partial charge in [-0.25, -0.2) is 9.37 Å². The van der Waals surface area contributed by atoms with E-state index >= 15 is 0 Å². The van der Waals surface area contributed by atoms with E-state index in [1.165, 1.54) is 23.9 Å². The Kier molecular flexibility index (Phi) is 4.47. The summed E-state index contributed by atoms with van der Waals surface area (Å²) in [6.45, 7) is 2.03. The number of amides is 1. The van der Waals surface area contributed by atoms with Gasteiger partial charge in [0.25, 0.3) is 5.56 Å². The minimum Gasteiger partial charge on any atom is -0.310 e. The third-order valence-corrected chi connectivity index (χ3v) is 4.70. The molecule has 0 spiro atoms. The van der Waals surface area contributed by atoms with Crippen molar-refractivity contribution in [3.05, 3.63) is 51.6 Å². The van der Waals surface area contributed by atoms with Crippen molar-refractivity contribution in [2.75, 3.05) is 11.1 Å². The van der Waals surface area contributed by atoms with Crippen LogP contribution in [0.25, 0.3) is 0 Å². The summed E-state index contributed by atoms with van der Waals surface area (Å²) in [5.74, 6) is -0.0113. The molecule has 120 valence electrons. The first-order valence-electron chi connectivity index (χ1n) is 7.40. The predicted octanol–water partition coefficient (Wildman–Crippen LogP) is 2.89. The number of hydrogen-bond acceptors (Lipinski definition) is 4. The summed E-state index contributed by atoms with van der Waals surface area (Å²) in [5, 5.41) is 3.14. The number of H-pyrrole nitrogens is 1. The molecule has 0 fully saturated rings. The Labute approximate surface area is 136 Å². The number of benzene rings is 1. The van der Waals surface area contributed by atoms with Crippen LogP contribution in [0.3, 0.4) is 0 Å². The van der Waals surface area contributed by atoms with E-state index in [-0.39, 0.29) is 23.7 Å². The van der Waals surface area contributed by atoms with Crippen molar-refractivity contribution >= 4 is 23.5 Å². The molecule has 23 heavy (non-hydrogen) atoms. The second kappa shape index (κ2) is 6.54. The summed E-state index contributed by atoms with van der Waals surface area (Å²) in [5.41, 5.74) is 0.696. The zero-order valence-electron chi connectivity index (χ0n) is 12.6. The molecule has 2 heterocycles. The Morgan fingerprint density at radius 1 is 1.39 bits per heavy atom. The van der Waals surface area contributed by atoms with Gasteiger partial charge in [0.2, 0.25) is 5.91 Å². The number of aromatic amines is 1. The molecule has 1 amide bonds. The monoisotopic (exact) mass is 333 g/mol. The van der Waals surface area contributed by atoms with Crippen molar-refractivity contribution in [2.45, 2.75) is 30.8 Å². The molecule has 5 nitrogen and oxygen atoms in total. The molecule has 1 aromatic heterocycles. The first-order chi connectivity index (χ1) is 11.1. The van der Waals surface area contributed by atoms with Crippen molar-refractivity contribution in [1.29, 1.82) is 0 Å². The molecule has 1 aromatic carbocycles. The van der Waals surface area contributed by atoms with Gasteiger partial charge in [-0.3, -0.25) is 9.59 Å². The number of nitrogens with one attached hydrogen (secondary N) is 2. The molecule has 2 aromatic rings. The summed E-state index contributed by atoms with van der Waals surface area (Å²) in [6.07, 6.45) is 1.05. The van der Waals surface area contributed by atoms with Crippen molar-refractivity contribution in [3.8, 4) is 0 Å². The molecule has 0 bridgehead atoms. The lowest BCUT2D eigenvalue weighted by molar-refractivity contribution is -0.116. The molecule has 0 saturated carbocycles. The van der Waals surface area contributed by atoms with E-state index in [4.69, 9.17) is 0 Å². The largest absolute Gasteiger partial charge is 0.310 e. The second-order valence-electron chi connectivity index (χ2n) is 5.34. The molecule has 0 unspecified atom stereocenters. The summed E-state index contributed by atoms with van der Waals surface area (Å²) in [6, 6.07) is 5.98. The van der Waals surface area contributed by atoms with Crippen molar-refractivity contribution < 1.29 is 9.18 Å². The average molecular weight is 333 g/mol. The van der Waals surface area contributed by atoms with E-state index in [1.807, 2.05) is 6.92 Å². The minimum atomic E-state index is -0.490. The fraction of sp³-hybridized carbons (Fsp3) is 0.312. The van der Waals surface area contributed by atoms with Crippen LogP contribution < -0.4 is 10.9 Å². The minimum absolute atomic E-state index is 0.0999. The van der Waals surface area contributed by atoms with Crippen LogP contribution in [0.4, 0.5) is 10.2 Å². The van der Waals surface area contributed by atoms with Gasteiger partial charge in [0.1, 0.15) is 11.6 Å². The maximum Gasteiger partial charge on any atom is 0.257 e. The molecule has 0 aliphatic carbocycles. The quantitative estimate of drug-likeness (QED) is 0.666. The van der Waals surface area contributed by atoms with Gasteiger partial charge in [0.15, 0.2) is 5.16 Å². The van der Waals surface area contributed by atoms with Crippen LogP contribution in [-0.2, 0) is 4.79 Å². The second-order valence-corrected chi connectivity index (χ2v) is 6.43. The van der Waals surface area contributed by atoms with Crippen LogP contribution in [0.1, 0.15) is 36.8 Å². The summed E-state index contributed by atoms with van der Waals surface area (Å²) >= 11 is 1.43. The third kappa shape index (κ3) is 3.29. The number of thioether (sulfide) groups is 1. The number of rotatable bonds is 4. The molecule has 0 saturated heterocycles. The summed E-state index contributed by atoms with van der Waals surface area (Å²) in [7, 11) is 0. The molecule has 2 N–H and O–H groups in total. The highest BCUT2D eigenvalue weighted by atomic mass is 32.2. The molecule has 7 heteroatoms. The highest BCUT2D eigenvalue weighted by molar-refractivity contribution is 7.99. The smallest absolute Gasteiger partial charge is 0.257 e. The molecular formula is C16H16FN3O2S. The van der Waals surface area contributed by atoms with Gasteiger partial charge >= 0.3 is 0 Å². The van der Waals surface area contributed by atoms with E-state index in [9.17, 15) is 14.0 Å². The number of hydrogen-bond donors (Lipinski definition) is 2. The van der Waals surface area contributed by atoms with E-state index in [2.05, 4.69) is 15.3 Å². The molecule has 1 aliphatic heterocycles. The normalized spacial score (nSPS) is 16.8. The van der Waals surface area contributed by atoms with E-state index in [0.29, 0.717) is 16.3 Å². The zero-order valence-corrected chi connectivity index (χ0v) is 13.4. The first-order valence-corrected chi connectivity index (χ1v) is 8.39.